The van der Waals surface area contributed by atoms with Gasteiger partial charge in [0.25, 0.3) is 0 Å². The third-order valence-electron chi connectivity index (χ3n) is 2.78. The van der Waals surface area contributed by atoms with Crippen LogP contribution in [-0.2, 0) is 5.33 Å². The molecule has 0 heterocycles. The van der Waals surface area contributed by atoms with Gasteiger partial charge in [0.15, 0.2) is 0 Å². The summed E-state index contributed by atoms with van der Waals surface area (Å²) in [6, 6.07) is 12.4. The van der Waals surface area contributed by atoms with E-state index in [1.807, 2.05) is 31.3 Å². The van der Waals surface area contributed by atoms with E-state index in [4.69, 9.17) is 11.6 Å². The third-order valence-corrected chi connectivity index (χ3v) is 3.74. The zero-order valence-corrected chi connectivity index (χ0v) is 12.2. The lowest BCUT2D eigenvalue weighted by Gasteiger charge is -2.20. The minimum absolute atomic E-state index is 0.249. The molecule has 0 saturated carbocycles. The Kier molecular flexibility index (Phi) is 4.25. The van der Waals surface area contributed by atoms with Crippen LogP contribution in [0.2, 0.25) is 5.02 Å². The van der Waals surface area contributed by atoms with E-state index in [1.165, 1.54) is 6.07 Å². The average molecular weight is 329 g/mol. The van der Waals surface area contributed by atoms with Crippen LogP contribution in [0.25, 0.3) is 0 Å². The monoisotopic (exact) mass is 327 g/mol. The molecule has 18 heavy (non-hydrogen) atoms. The lowest BCUT2D eigenvalue weighted by molar-refractivity contribution is 0.627. The fourth-order valence-electron chi connectivity index (χ4n) is 1.72. The molecule has 0 amide bonds. The molecule has 0 bridgehead atoms. The molecule has 0 spiro atoms. The second-order valence-electron chi connectivity index (χ2n) is 3.92. The number of para-hydroxylation sites is 1. The van der Waals surface area contributed by atoms with Gasteiger partial charge < -0.3 is 4.90 Å². The van der Waals surface area contributed by atoms with Crippen molar-refractivity contribution in [2.24, 2.45) is 0 Å². The van der Waals surface area contributed by atoms with Crippen LogP contribution >= 0.6 is 27.5 Å². The van der Waals surface area contributed by atoms with E-state index in [-0.39, 0.29) is 5.82 Å². The molecule has 2 aromatic rings. The number of rotatable bonds is 3. The van der Waals surface area contributed by atoms with Gasteiger partial charge in [0, 0.05) is 23.1 Å². The third kappa shape index (κ3) is 2.68. The van der Waals surface area contributed by atoms with E-state index in [1.54, 1.807) is 17.0 Å². The van der Waals surface area contributed by atoms with E-state index < -0.39 is 0 Å². The Morgan fingerprint density at radius 1 is 1.22 bits per heavy atom. The Morgan fingerprint density at radius 2 is 1.94 bits per heavy atom. The molecule has 0 aliphatic rings. The van der Waals surface area contributed by atoms with Gasteiger partial charge in [-0.2, -0.15) is 0 Å². The molecule has 94 valence electrons. The lowest BCUT2D eigenvalue weighted by Crippen LogP contribution is -2.11. The molecular formula is C14H12BrClFN. The molecule has 0 unspecified atom stereocenters. The minimum atomic E-state index is -0.249. The van der Waals surface area contributed by atoms with E-state index in [0.29, 0.717) is 16.0 Å². The molecule has 0 N–H and O–H groups in total. The second kappa shape index (κ2) is 5.72. The van der Waals surface area contributed by atoms with Gasteiger partial charge in [-0.25, -0.2) is 4.39 Å². The van der Waals surface area contributed by atoms with Crippen LogP contribution in [0.3, 0.4) is 0 Å². The minimum Gasteiger partial charge on any atom is -0.342 e. The molecule has 2 rings (SSSR count). The molecule has 0 aromatic heterocycles. The fraction of sp³-hybridized carbons (Fsp3) is 0.143. The van der Waals surface area contributed by atoms with E-state index in [0.717, 1.165) is 11.3 Å². The SMILES string of the molecule is CN(c1ccc(CBr)c(Cl)c1)c1ccccc1F. The van der Waals surface area contributed by atoms with Crippen molar-refractivity contribution in [1.82, 2.24) is 0 Å². The van der Waals surface area contributed by atoms with E-state index >= 15 is 0 Å². The molecule has 0 aliphatic heterocycles. The molecule has 0 fully saturated rings. The normalized spacial score (nSPS) is 10.4. The Labute approximate surface area is 119 Å². The van der Waals surface area contributed by atoms with Crippen LogP contribution in [0.1, 0.15) is 5.56 Å². The number of hydrogen-bond donors (Lipinski definition) is 0. The standard InChI is InChI=1S/C14H12BrClFN/c1-18(14-5-3-2-4-13(14)17)11-7-6-10(9-15)12(16)8-11/h2-8H,9H2,1H3. The van der Waals surface area contributed by atoms with Crippen molar-refractivity contribution in [3.63, 3.8) is 0 Å². The zero-order chi connectivity index (χ0) is 13.1. The van der Waals surface area contributed by atoms with Gasteiger partial charge in [-0.15, -0.1) is 0 Å². The average Bonchev–Trinajstić information content (AvgIpc) is 2.38. The molecule has 0 radical (unpaired) electrons. The van der Waals surface area contributed by atoms with Gasteiger partial charge in [0.1, 0.15) is 5.82 Å². The van der Waals surface area contributed by atoms with Crippen molar-refractivity contribution >= 4 is 38.9 Å². The highest BCUT2D eigenvalue weighted by atomic mass is 79.9. The first-order valence-electron chi connectivity index (χ1n) is 5.46. The number of anilines is 2. The summed E-state index contributed by atoms with van der Waals surface area (Å²) in [6.45, 7) is 0. The van der Waals surface area contributed by atoms with Crippen molar-refractivity contribution in [2.75, 3.05) is 11.9 Å². The Morgan fingerprint density at radius 3 is 2.56 bits per heavy atom. The topological polar surface area (TPSA) is 3.24 Å². The maximum atomic E-state index is 13.7. The number of halogens is 3. The first kappa shape index (κ1) is 13.4. The van der Waals surface area contributed by atoms with Crippen molar-refractivity contribution in [2.45, 2.75) is 5.33 Å². The molecule has 0 atom stereocenters. The number of alkyl halides is 1. The molecule has 0 aliphatic carbocycles. The highest BCUT2D eigenvalue weighted by Gasteiger charge is 2.10. The molecule has 4 heteroatoms. The van der Waals surface area contributed by atoms with Crippen molar-refractivity contribution < 1.29 is 4.39 Å². The maximum Gasteiger partial charge on any atom is 0.146 e. The van der Waals surface area contributed by atoms with Crippen LogP contribution in [0, 0.1) is 5.82 Å². The Bertz CT molecular complexity index is 559. The summed E-state index contributed by atoms with van der Waals surface area (Å²) in [5.41, 5.74) is 2.40. The smallest absolute Gasteiger partial charge is 0.146 e. The zero-order valence-electron chi connectivity index (χ0n) is 9.83. The van der Waals surface area contributed by atoms with Crippen LogP contribution in [0.5, 0.6) is 0 Å². The first-order chi connectivity index (χ1) is 8.63. The van der Waals surface area contributed by atoms with Crippen molar-refractivity contribution in [3.8, 4) is 0 Å². The summed E-state index contributed by atoms with van der Waals surface area (Å²) in [5, 5.41) is 1.38. The van der Waals surface area contributed by atoms with Crippen LogP contribution in [0.15, 0.2) is 42.5 Å². The maximum absolute atomic E-state index is 13.7. The summed E-state index contributed by atoms with van der Waals surface area (Å²) in [6.07, 6.45) is 0. The summed E-state index contributed by atoms with van der Waals surface area (Å²) >= 11 is 9.52. The summed E-state index contributed by atoms with van der Waals surface area (Å²) < 4.78 is 13.7. The molecule has 1 nitrogen and oxygen atoms in total. The summed E-state index contributed by atoms with van der Waals surface area (Å²) in [4.78, 5) is 1.78. The highest BCUT2D eigenvalue weighted by Crippen LogP contribution is 2.30. The molecule has 0 saturated heterocycles. The predicted octanol–water partition coefficient (Wildman–Crippen LogP) is 5.14. The van der Waals surface area contributed by atoms with Gasteiger partial charge in [0.2, 0.25) is 0 Å². The summed E-state index contributed by atoms with van der Waals surface area (Å²) in [7, 11) is 1.82. The predicted molar refractivity (Wildman–Crippen MR) is 78.5 cm³/mol. The van der Waals surface area contributed by atoms with Crippen LogP contribution < -0.4 is 4.90 Å². The van der Waals surface area contributed by atoms with Gasteiger partial charge in [0.05, 0.1) is 5.69 Å². The molecule has 2 aromatic carbocycles. The van der Waals surface area contributed by atoms with E-state index in [9.17, 15) is 4.39 Å². The highest BCUT2D eigenvalue weighted by molar-refractivity contribution is 9.08. The van der Waals surface area contributed by atoms with Gasteiger partial charge in [-0.1, -0.05) is 45.7 Å². The first-order valence-corrected chi connectivity index (χ1v) is 6.96. The second-order valence-corrected chi connectivity index (χ2v) is 4.89. The number of hydrogen-bond acceptors (Lipinski definition) is 1. The quantitative estimate of drug-likeness (QED) is 0.705. The van der Waals surface area contributed by atoms with Gasteiger partial charge in [-0.3, -0.25) is 0 Å². The van der Waals surface area contributed by atoms with Crippen molar-refractivity contribution in [1.29, 1.82) is 0 Å². The molecular weight excluding hydrogens is 317 g/mol. The van der Waals surface area contributed by atoms with Gasteiger partial charge >= 0.3 is 0 Å². The van der Waals surface area contributed by atoms with Crippen molar-refractivity contribution in [3.05, 3.63) is 58.9 Å². The van der Waals surface area contributed by atoms with E-state index in [2.05, 4.69) is 15.9 Å². The summed E-state index contributed by atoms with van der Waals surface area (Å²) in [5.74, 6) is -0.249. The fourth-order valence-corrected chi connectivity index (χ4v) is 2.61. The number of nitrogens with zero attached hydrogens (tertiary/aromatic N) is 1. The largest absolute Gasteiger partial charge is 0.342 e. The Balaban J connectivity index is 2.37. The van der Waals surface area contributed by atoms with Crippen LogP contribution in [0.4, 0.5) is 15.8 Å². The van der Waals surface area contributed by atoms with Gasteiger partial charge in [-0.05, 0) is 29.8 Å². The Hall–Kier alpha value is -1.06. The lowest BCUT2D eigenvalue weighted by atomic mass is 10.2. The van der Waals surface area contributed by atoms with Crippen LogP contribution in [-0.4, -0.2) is 7.05 Å². The number of benzene rings is 2.